The minimum absolute atomic E-state index is 0.00845. The Morgan fingerprint density at radius 3 is 2.55 bits per heavy atom. The van der Waals surface area contributed by atoms with E-state index >= 15 is 0 Å². The fourth-order valence-electron chi connectivity index (χ4n) is 2.85. The summed E-state index contributed by atoms with van der Waals surface area (Å²) in [6.07, 6.45) is 3.81. The Hall–Kier alpha value is -3.25. The molecule has 12 heteroatoms. The number of pyridine rings is 1. The van der Waals surface area contributed by atoms with Crippen molar-refractivity contribution in [1.29, 1.82) is 0 Å². The molecule has 0 atom stereocenters. The highest BCUT2D eigenvalue weighted by atomic mass is 32.2. The molecule has 10 nitrogen and oxygen atoms in total. The Morgan fingerprint density at radius 1 is 1.23 bits per heavy atom. The molecule has 0 spiro atoms. The summed E-state index contributed by atoms with van der Waals surface area (Å²) < 4.78 is 39.3. The molecule has 1 aliphatic rings. The Kier molecular flexibility index (Phi) is 6.41. The van der Waals surface area contributed by atoms with Crippen LogP contribution in [0.1, 0.15) is 23.2 Å². The molecule has 2 amide bonds. The van der Waals surface area contributed by atoms with Crippen LogP contribution in [0.4, 0.5) is 27.3 Å². The van der Waals surface area contributed by atoms with Gasteiger partial charge < -0.3 is 10.6 Å². The lowest BCUT2D eigenvalue weighted by molar-refractivity contribution is -0.117. The van der Waals surface area contributed by atoms with Crippen molar-refractivity contribution in [2.24, 2.45) is 5.92 Å². The third-order valence-electron chi connectivity index (χ3n) is 4.63. The molecule has 0 saturated heterocycles. The van der Waals surface area contributed by atoms with Gasteiger partial charge in [-0.15, -0.1) is 0 Å². The third kappa shape index (κ3) is 5.09. The largest absolute Gasteiger partial charge is 0.353 e. The first-order chi connectivity index (χ1) is 14.6. The lowest BCUT2D eigenvalue weighted by atomic mass is 10.1. The molecule has 1 saturated carbocycles. The molecule has 166 valence electrons. The molecule has 0 unspecified atom stereocenters. The van der Waals surface area contributed by atoms with Crippen molar-refractivity contribution in [3.8, 4) is 0 Å². The monoisotopic (exact) mass is 451 g/mol. The number of hydroxylamine groups is 1. The van der Waals surface area contributed by atoms with Gasteiger partial charge in [-0.3, -0.25) is 18.7 Å². The van der Waals surface area contributed by atoms with E-state index < -0.39 is 21.7 Å². The lowest BCUT2D eigenvalue weighted by Gasteiger charge is -2.22. The first kappa shape index (κ1) is 22.4. The summed E-state index contributed by atoms with van der Waals surface area (Å²) in [5.41, 5.74) is 2.12. The van der Waals surface area contributed by atoms with Crippen molar-refractivity contribution in [2.45, 2.75) is 12.8 Å². The van der Waals surface area contributed by atoms with Crippen molar-refractivity contribution in [2.75, 3.05) is 35.4 Å². The molecular formula is C19H22FN5O5S. The molecule has 2 aromatic rings. The van der Waals surface area contributed by atoms with Crippen LogP contribution in [0.25, 0.3) is 0 Å². The highest BCUT2D eigenvalue weighted by Crippen LogP contribution is 2.35. The van der Waals surface area contributed by atoms with E-state index in [4.69, 9.17) is 4.84 Å². The highest BCUT2D eigenvalue weighted by Gasteiger charge is 2.31. The second-order valence-electron chi connectivity index (χ2n) is 6.97. The van der Waals surface area contributed by atoms with Gasteiger partial charge in [-0.05, 0) is 31.0 Å². The summed E-state index contributed by atoms with van der Waals surface area (Å²) in [6.45, 7) is 0. The number of aromatic nitrogens is 1. The van der Waals surface area contributed by atoms with E-state index in [2.05, 4.69) is 21.1 Å². The van der Waals surface area contributed by atoms with E-state index in [0.29, 0.717) is 0 Å². The van der Waals surface area contributed by atoms with Crippen LogP contribution in [0.5, 0.6) is 0 Å². The number of nitrogens with one attached hydrogen (secondary N) is 3. The minimum Gasteiger partial charge on any atom is -0.353 e. The van der Waals surface area contributed by atoms with Gasteiger partial charge in [0.25, 0.3) is 5.91 Å². The van der Waals surface area contributed by atoms with Crippen LogP contribution < -0.4 is 20.4 Å². The fourth-order valence-corrected chi connectivity index (χ4v) is 3.36. The van der Waals surface area contributed by atoms with Crippen LogP contribution in [-0.4, -0.2) is 45.6 Å². The van der Waals surface area contributed by atoms with Gasteiger partial charge in [0.2, 0.25) is 15.9 Å². The molecule has 0 aliphatic heterocycles. The first-order valence-electron chi connectivity index (χ1n) is 9.26. The van der Waals surface area contributed by atoms with Gasteiger partial charge in [0.15, 0.2) is 0 Å². The van der Waals surface area contributed by atoms with E-state index in [1.807, 2.05) is 0 Å². The SMILES string of the molecule is CONC(=O)c1c(Nc2cccc(F)c2N(C)S(C)(=O)=O)ccnc1NC(=O)C1CC1. The molecule has 1 heterocycles. The summed E-state index contributed by atoms with van der Waals surface area (Å²) in [4.78, 5) is 33.6. The number of benzene rings is 1. The standard InChI is InChI=1S/C19H22FN5O5S/c1-25(31(3,28)29)16-12(20)5-4-6-14(16)22-13-9-10-21-17(15(13)19(27)24-30-2)23-18(26)11-7-8-11/h4-6,9-11H,7-8H2,1-3H3,(H,24,27)(H2,21,22,23,26). The van der Waals surface area contributed by atoms with Crippen LogP contribution in [0.3, 0.4) is 0 Å². The number of hydrogen-bond donors (Lipinski definition) is 3. The number of amides is 2. The molecule has 0 radical (unpaired) electrons. The quantitative estimate of drug-likeness (QED) is 0.524. The van der Waals surface area contributed by atoms with Gasteiger partial charge in [-0.1, -0.05) is 6.07 Å². The zero-order chi connectivity index (χ0) is 22.8. The van der Waals surface area contributed by atoms with Crippen LogP contribution in [-0.2, 0) is 19.7 Å². The van der Waals surface area contributed by atoms with Crippen molar-refractivity contribution in [3.05, 3.63) is 41.8 Å². The van der Waals surface area contributed by atoms with Gasteiger partial charge in [0.05, 0.1) is 24.7 Å². The average Bonchev–Trinajstić information content (AvgIpc) is 3.53. The van der Waals surface area contributed by atoms with Crippen LogP contribution in [0.2, 0.25) is 0 Å². The zero-order valence-electron chi connectivity index (χ0n) is 17.1. The Balaban J connectivity index is 2.06. The summed E-state index contributed by atoms with van der Waals surface area (Å²) in [6, 6.07) is 5.41. The molecular weight excluding hydrogens is 429 g/mol. The predicted molar refractivity (Wildman–Crippen MR) is 113 cm³/mol. The molecule has 1 fully saturated rings. The summed E-state index contributed by atoms with van der Waals surface area (Å²) in [5.74, 6) is -1.89. The van der Waals surface area contributed by atoms with Crippen LogP contribution in [0.15, 0.2) is 30.5 Å². The lowest BCUT2D eigenvalue weighted by Crippen LogP contribution is -2.27. The van der Waals surface area contributed by atoms with Gasteiger partial charge in [0, 0.05) is 19.2 Å². The predicted octanol–water partition coefficient (Wildman–Crippen LogP) is 2.00. The average molecular weight is 451 g/mol. The van der Waals surface area contributed by atoms with Crippen molar-refractivity contribution in [3.63, 3.8) is 0 Å². The molecule has 0 bridgehead atoms. The highest BCUT2D eigenvalue weighted by molar-refractivity contribution is 7.92. The normalized spacial score (nSPS) is 13.4. The minimum atomic E-state index is -3.77. The summed E-state index contributed by atoms with van der Waals surface area (Å²) in [5, 5.41) is 5.50. The number of rotatable bonds is 8. The molecule has 31 heavy (non-hydrogen) atoms. The molecule has 1 aliphatic carbocycles. The van der Waals surface area contributed by atoms with Crippen molar-refractivity contribution >= 4 is 44.7 Å². The van der Waals surface area contributed by atoms with E-state index in [1.165, 1.54) is 38.6 Å². The summed E-state index contributed by atoms with van der Waals surface area (Å²) >= 11 is 0. The number of nitrogens with zero attached hydrogens (tertiary/aromatic N) is 2. The molecule has 1 aromatic carbocycles. The van der Waals surface area contributed by atoms with Crippen LogP contribution in [0, 0.1) is 11.7 Å². The van der Waals surface area contributed by atoms with E-state index in [0.717, 1.165) is 29.5 Å². The second-order valence-corrected chi connectivity index (χ2v) is 8.99. The Labute approximate surface area is 178 Å². The molecule has 3 rings (SSSR count). The van der Waals surface area contributed by atoms with Gasteiger partial charge in [-0.2, -0.15) is 0 Å². The van der Waals surface area contributed by atoms with E-state index in [9.17, 15) is 22.4 Å². The Bertz CT molecular complexity index is 1120. The van der Waals surface area contributed by atoms with E-state index in [1.54, 1.807) is 0 Å². The van der Waals surface area contributed by atoms with Gasteiger partial charge in [-0.25, -0.2) is 23.3 Å². The van der Waals surface area contributed by atoms with Gasteiger partial charge >= 0.3 is 0 Å². The summed E-state index contributed by atoms with van der Waals surface area (Å²) in [7, 11) is -1.31. The molecule has 1 aromatic heterocycles. The molecule has 3 N–H and O–H groups in total. The Morgan fingerprint density at radius 2 is 1.94 bits per heavy atom. The van der Waals surface area contributed by atoms with Crippen molar-refractivity contribution < 1.29 is 27.2 Å². The maximum atomic E-state index is 14.5. The fraction of sp³-hybridized carbons (Fsp3) is 0.316. The topological polar surface area (TPSA) is 130 Å². The number of carbonyl (C=O) groups excluding carboxylic acids is 2. The number of hydrogen-bond acceptors (Lipinski definition) is 7. The number of anilines is 4. The van der Waals surface area contributed by atoms with Crippen LogP contribution >= 0.6 is 0 Å². The maximum absolute atomic E-state index is 14.5. The first-order valence-corrected chi connectivity index (χ1v) is 11.1. The van der Waals surface area contributed by atoms with Crippen molar-refractivity contribution in [1.82, 2.24) is 10.5 Å². The maximum Gasteiger partial charge on any atom is 0.280 e. The number of carbonyl (C=O) groups is 2. The number of sulfonamides is 1. The second kappa shape index (κ2) is 8.86. The number of halogens is 1. The third-order valence-corrected chi connectivity index (χ3v) is 5.81. The van der Waals surface area contributed by atoms with E-state index in [-0.39, 0.29) is 40.3 Å². The zero-order valence-corrected chi connectivity index (χ0v) is 17.9. The van der Waals surface area contributed by atoms with Gasteiger partial charge in [0.1, 0.15) is 22.9 Å². The number of para-hydroxylation sites is 1. The smallest absolute Gasteiger partial charge is 0.280 e.